The molecule has 0 amide bonds. The number of hydrogen-bond donors (Lipinski definition) is 0. The van der Waals surface area contributed by atoms with Gasteiger partial charge in [-0.15, -0.1) is 6.58 Å². The minimum Gasteiger partial charge on any atom is -0.493 e. The van der Waals surface area contributed by atoms with Crippen molar-refractivity contribution in [2.75, 3.05) is 13.7 Å². The second-order valence-electron chi connectivity index (χ2n) is 3.36. The predicted octanol–water partition coefficient (Wildman–Crippen LogP) is 4.15. The molecule has 0 aliphatic carbocycles. The number of ether oxygens (including phenoxy) is 2. The lowest BCUT2D eigenvalue weighted by molar-refractivity contribution is 0.198. The van der Waals surface area contributed by atoms with Gasteiger partial charge < -0.3 is 9.47 Å². The Morgan fingerprint density at radius 2 is 1.88 bits per heavy atom. The molecule has 0 fully saturated rings. The zero-order chi connectivity index (χ0) is 13.1. The predicted molar refractivity (Wildman–Crippen MR) is 73.6 cm³/mol. The molecule has 0 heterocycles. The lowest BCUT2D eigenvalue weighted by atomic mass is 10.1. The van der Waals surface area contributed by atoms with Gasteiger partial charge in [0.05, 0.1) is 7.11 Å². The van der Waals surface area contributed by atoms with Crippen molar-refractivity contribution in [3.63, 3.8) is 0 Å². The minimum absolute atomic E-state index is 0.481. The molecule has 0 spiro atoms. The summed E-state index contributed by atoms with van der Waals surface area (Å²) < 4.78 is 10.9. The van der Waals surface area contributed by atoms with Crippen LogP contribution in [-0.4, -0.2) is 13.7 Å². The summed E-state index contributed by atoms with van der Waals surface area (Å²) in [7, 11) is 1.63. The Balaban J connectivity index is 5.08. The summed E-state index contributed by atoms with van der Waals surface area (Å²) in [4.78, 5) is 0. The lowest BCUT2D eigenvalue weighted by Crippen LogP contribution is -1.98. The summed E-state index contributed by atoms with van der Waals surface area (Å²) in [6.07, 6.45) is 8.79. The average Bonchev–Trinajstić information content (AvgIpc) is 2.36. The Morgan fingerprint density at radius 3 is 2.29 bits per heavy atom. The first-order valence-electron chi connectivity index (χ1n) is 5.68. The van der Waals surface area contributed by atoms with Crippen LogP contribution >= 0.6 is 0 Å². The molecule has 2 nitrogen and oxygen atoms in total. The van der Waals surface area contributed by atoms with Crippen molar-refractivity contribution in [1.29, 1.82) is 0 Å². The molecule has 0 aliphatic heterocycles. The van der Waals surface area contributed by atoms with Gasteiger partial charge in [0.25, 0.3) is 0 Å². The molecule has 94 valence electrons. The molecule has 0 aromatic rings. The highest BCUT2D eigenvalue weighted by Gasteiger charge is 2.05. The molecular weight excluding hydrogens is 212 g/mol. The highest BCUT2D eigenvalue weighted by atomic mass is 16.5. The molecule has 17 heavy (non-hydrogen) atoms. The van der Waals surface area contributed by atoms with Crippen molar-refractivity contribution in [3.8, 4) is 0 Å². The van der Waals surface area contributed by atoms with Crippen LogP contribution in [0.4, 0.5) is 0 Å². The van der Waals surface area contributed by atoms with E-state index in [9.17, 15) is 0 Å². The fourth-order valence-electron chi connectivity index (χ4n) is 1.30. The van der Waals surface area contributed by atoms with Gasteiger partial charge in [-0.3, -0.25) is 0 Å². The third-order valence-electron chi connectivity index (χ3n) is 2.15. The SMILES string of the molecule is C=CCO/C(CC)=C(/C=C(\C=C)CC=C)OC. The molecule has 0 aliphatic rings. The van der Waals surface area contributed by atoms with Crippen molar-refractivity contribution in [3.05, 3.63) is 61.1 Å². The highest BCUT2D eigenvalue weighted by Crippen LogP contribution is 2.16. The first-order chi connectivity index (χ1) is 8.23. The number of hydrogen-bond acceptors (Lipinski definition) is 2. The summed E-state index contributed by atoms with van der Waals surface area (Å²) >= 11 is 0. The van der Waals surface area contributed by atoms with E-state index in [1.165, 1.54) is 0 Å². The van der Waals surface area contributed by atoms with E-state index >= 15 is 0 Å². The fourth-order valence-corrected chi connectivity index (χ4v) is 1.30. The Morgan fingerprint density at radius 1 is 1.18 bits per heavy atom. The number of allylic oxidation sites excluding steroid dienone is 5. The molecule has 0 saturated heterocycles. The fraction of sp³-hybridized carbons (Fsp3) is 0.333. The van der Waals surface area contributed by atoms with Crippen LogP contribution in [0, 0.1) is 0 Å². The zero-order valence-corrected chi connectivity index (χ0v) is 10.9. The third-order valence-corrected chi connectivity index (χ3v) is 2.15. The summed E-state index contributed by atoms with van der Waals surface area (Å²) in [6.45, 7) is 13.6. The third kappa shape index (κ3) is 5.81. The van der Waals surface area contributed by atoms with Crippen molar-refractivity contribution in [1.82, 2.24) is 0 Å². The smallest absolute Gasteiger partial charge is 0.156 e. The van der Waals surface area contributed by atoms with E-state index in [2.05, 4.69) is 19.7 Å². The molecule has 0 unspecified atom stereocenters. The van der Waals surface area contributed by atoms with Gasteiger partial charge in [-0.25, -0.2) is 0 Å². The molecule has 0 aromatic carbocycles. The molecule has 0 bridgehead atoms. The Kier molecular flexibility index (Phi) is 8.57. The van der Waals surface area contributed by atoms with E-state index < -0.39 is 0 Å². The summed E-state index contributed by atoms with van der Waals surface area (Å²) in [5.74, 6) is 1.54. The van der Waals surface area contributed by atoms with Crippen molar-refractivity contribution in [2.45, 2.75) is 19.8 Å². The molecule has 0 radical (unpaired) electrons. The maximum Gasteiger partial charge on any atom is 0.156 e. The van der Waals surface area contributed by atoms with Crippen LogP contribution in [-0.2, 0) is 9.47 Å². The molecular formula is C15H22O2. The first kappa shape index (κ1) is 15.3. The first-order valence-corrected chi connectivity index (χ1v) is 5.68. The second-order valence-corrected chi connectivity index (χ2v) is 3.36. The standard InChI is InChI=1S/C15H22O2/c1-6-10-13(8-3)12-15(16-5)14(9-4)17-11-7-2/h6-8,12H,1-3,9-11H2,4-5H3/b13-12+,15-14-. The van der Waals surface area contributed by atoms with Crippen molar-refractivity contribution < 1.29 is 9.47 Å². The molecule has 0 rings (SSSR count). The molecule has 0 atom stereocenters. The zero-order valence-electron chi connectivity index (χ0n) is 10.9. The van der Waals surface area contributed by atoms with E-state index in [4.69, 9.17) is 9.47 Å². The summed E-state index contributed by atoms with van der Waals surface area (Å²) in [5, 5.41) is 0. The Hall–Kier alpha value is -1.70. The van der Waals surface area contributed by atoms with Gasteiger partial charge in [-0.1, -0.05) is 38.3 Å². The number of rotatable bonds is 9. The van der Waals surface area contributed by atoms with Crippen LogP contribution in [0.25, 0.3) is 0 Å². The van der Waals surface area contributed by atoms with Gasteiger partial charge >= 0.3 is 0 Å². The highest BCUT2D eigenvalue weighted by molar-refractivity contribution is 5.29. The van der Waals surface area contributed by atoms with Gasteiger partial charge in [-0.2, -0.15) is 0 Å². The van der Waals surface area contributed by atoms with Gasteiger partial charge in [-0.05, 0) is 18.1 Å². The van der Waals surface area contributed by atoms with Crippen LogP contribution in [0.15, 0.2) is 61.1 Å². The molecule has 2 heteroatoms. The maximum absolute atomic E-state index is 5.55. The van der Waals surface area contributed by atoms with E-state index in [0.29, 0.717) is 6.61 Å². The van der Waals surface area contributed by atoms with Crippen LogP contribution in [0.2, 0.25) is 0 Å². The quantitative estimate of drug-likeness (QED) is 0.339. The van der Waals surface area contributed by atoms with Gasteiger partial charge in [0.2, 0.25) is 0 Å². The Labute approximate surface area is 105 Å². The maximum atomic E-state index is 5.55. The minimum atomic E-state index is 0.481. The van der Waals surface area contributed by atoms with Gasteiger partial charge in [0, 0.05) is 6.42 Å². The van der Waals surface area contributed by atoms with Crippen molar-refractivity contribution >= 4 is 0 Å². The van der Waals surface area contributed by atoms with E-state index in [1.807, 2.05) is 19.1 Å². The second kappa shape index (κ2) is 9.52. The molecule has 0 saturated carbocycles. The Bertz CT molecular complexity index is 322. The normalized spacial score (nSPS) is 12.5. The number of methoxy groups -OCH3 is 1. The van der Waals surface area contributed by atoms with Gasteiger partial charge in [0.1, 0.15) is 12.4 Å². The van der Waals surface area contributed by atoms with Crippen LogP contribution < -0.4 is 0 Å². The topological polar surface area (TPSA) is 18.5 Å². The van der Waals surface area contributed by atoms with Gasteiger partial charge in [0.15, 0.2) is 5.76 Å². The lowest BCUT2D eigenvalue weighted by Gasteiger charge is -2.11. The van der Waals surface area contributed by atoms with Crippen LogP contribution in [0.1, 0.15) is 19.8 Å². The van der Waals surface area contributed by atoms with Crippen LogP contribution in [0.3, 0.4) is 0 Å². The van der Waals surface area contributed by atoms with E-state index in [0.717, 1.165) is 29.9 Å². The molecule has 0 N–H and O–H groups in total. The monoisotopic (exact) mass is 234 g/mol. The summed E-state index contributed by atoms with van der Waals surface area (Å²) in [6, 6.07) is 0. The average molecular weight is 234 g/mol. The summed E-state index contributed by atoms with van der Waals surface area (Å²) in [5.41, 5.74) is 1.05. The largest absolute Gasteiger partial charge is 0.493 e. The molecule has 0 aromatic heterocycles. The van der Waals surface area contributed by atoms with E-state index in [-0.39, 0.29) is 0 Å². The van der Waals surface area contributed by atoms with Crippen LogP contribution in [0.5, 0.6) is 0 Å². The van der Waals surface area contributed by atoms with E-state index in [1.54, 1.807) is 19.3 Å². The van der Waals surface area contributed by atoms with Crippen molar-refractivity contribution in [2.24, 2.45) is 0 Å².